The van der Waals surface area contributed by atoms with E-state index in [2.05, 4.69) is 26.2 Å². The monoisotopic (exact) mass is 291 g/mol. The first-order valence-electron chi connectivity index (χ1n) is 4.42. The van der Waals surface area contributed by atoms with E-state index in [-0.39, 0.29) is 5.91 Å². The van der Waals surface area contributed by atoms with Gasteiger partial charge in [-0.15, -0.1) is 0 Å². The summed E-state index contributed by atoms with van der Waals surface area (Å²) in [6.45, 7) is 1.85. The Labute approximate surface area is 101 Å². The largest absolute Gasteiger partial charge is 0.323 e. The van der Waals surface area contributed by atoms with Crippen LogP contribution in [-0.4, -0.2) is 16.9 Å². The highest BCUT2D eigenvalue weighted by Crippen LogP contribution is 2.22. The lowest BCUT2D eigenvalue weighted by atomic mass is 10.2. The van der Waals surface area contributed by atoms with Gasteiger partial charge in [0.25, 0.3) is 0 Å². The van der Waals surface area contributed by atoms with Gasteiger partial charge in [0.2, 0.25) is 5.91 Å². The molecule has 1 aromatic heterocycles. The number of nitrogens with one attached hydrogen (secondary N) is 1. The van der Waals surface area contributed by atoms with Crippen molar-refractivity contribution in [2.45, 2.75) is 19.4 Å². The van der Waals surface area contributed by atoms with Crippen molar-refractivity contribution >= 4 is 39.1 Å². The number of halogens is 2. The number of rotatable bonds is 3. The van der Waals surface area contributed by atoms with E-state index in [1.54, 1.807) is 6.07 Å². The molecule has 0 fully saturated rings. The van der Waals surface area contributed by atoms with Crippen molar-refractivity contribution < 1.29 is 4.79 Å². The smallest absolute Gasteiger partial charge is 0.241 e. The number of aromatic nitrogens is 1. The van der Waals surface area contributed by atoms with Gasteiger partial charge in [-0.2, -0.15) is 0 Å². The maximum atomic E-state index is 11.4. The van der Waals surface area contributed by atoms with Crippen LogP contribution in [0.2, 0.25) is 5.15 Å². The molecule has 82 valence electrons. The zero-order valence-electron chi connectivity index (χ0n) is 8.13. The number of hydrogen-bond donors (Lipinski definition) is 2. The van der Waals surface area contributed by atoms with Crippen LogP contribution in [0.1, 0.15) is 13.3 Å². The standard InChI is InChI=1S/C9H11BrClN3O/c1-2-7(12)9(15)14-5-3-6(10)8(11)13-4-5/h3-4,7H,2,12H2,1H3,(H,14,15)/t7-/m1/s1. The molecule has 0 unspecified atom stereocenters. The molecule has 1 heterocycles. The highest BCUT2D eigenvalue weighted by atomic mass is 79.9. The van der Waals surface area contributed by atoms with E-state index in [1.807, 2.05) is 6.92 Å². The van der Waals surface area contributed by atoms with Crippen LogP contribution in [0.15, 0.2) is 16.7 Å². The van der Waals surface area contributed by atoms with Crippen molar-refractivity contribution in [2.24, 2.45) is 5.73 Å². The molecule has 0 saturated heterocycles. The van der Waals surface area contributed by atoms with E-state index < -0.39 is 6.04 Å². The van der Waals surface area contributed by atoms with Crippen LogP contribution in [-0.2, 0) is 4.79 Å². The molecular formula is C9H11BrClN3O. The van der Waals surface area contributed by atoms with E-state index in [4.69, 9.17) is 17.3 Å². The molecule has 0 aliphatic heterocycles. The fourth-order valence-corrected chi connectivity index (χ4v) is 1.36. The topological polar surface area (TPSA) is 68.0 Å². The lowest BCUT2D eigenvalue weighted by molar-refractivity contribution is -0.117. The summed E-state index contributed by atoms with van der Waals surface area (Å²) in [4.78, 5) is 15.3. The lowest BCUT2D eigenvalue weighted by Gasteiger charge is -2.09. The van der Waals surface area contributed by atoms with Gasteiger partial charge in [0.15, 0.2) is 0 Å². The highest BCUT2D eigenvalue weighted by Gasteiger charge is 2.11. The molecule has 0 spiro atoms. The minimum atomic E-state index is -0.501. The molecule has 1 aromatic rings. The minimum absolute atomic E-state index is 0.228. The van der Waals surface area contributed by atoms with Gasteiger partial charge in [-0.3, -0.25) is 4.79 Å². The van der Waals surface area contributed by atoms with Crippen molar-refractivity contribution in [3.63, 3.8) is 0 Å². The first-order chi connectivity index (χ1) is 7.04. The van der Waals surface area contributed by atoms with Crippen LogP contribution in [0.4, 0.5) is 5.69 Å². The van der Waals surface area contributed by atoms with E-state index >= 15 is 0 Å². The van der Waals surface area contributed by atoms with Gasteiger partial charge in [-0.1, -0.05) is 18.5 Å². The first-order valence-corrected chi connectivity index (χ1v) is 5.59. The predicted octanol–water partition coefficient (Wildman–Crippen LogP) is 2.17. The van der Waals surface area contributed by atoms with Crippen molar-refractivity contribution in [1.82, 2.24) is 4.98 Å². The maximum Gasteiger partial charge on any atom is 0.241 e. The number of carbonyl (C=O) groups excluding carboxylic acids is 1. The quantitative estimate of drug-likeness (QED) is 0.839. The molecule has 0 bridgehead atoms. The SMILES string of the molecule is CC[C@@H](N)C(=O)Nc1cnc(Cl)c(Br)c1. The Morgan fingerprint density at radius 1 is 1.80 bits per heavy atom. The van der Waals surface area contributed by atoms with Gasteiger partial charge in [0.1, 0.15) is 5.15 Å². The Morgan fingerprint density at radius 3 is 3.00 bits per heavy atom. The molecule has 1 rings (SSSR count). The molecule has 3 N–H and O–H groups in total. The number of hydrogen-bond acceptors (Lipinski definition) is 3. The third-order valence-corrected chi connectivity index (χ3v) is 2.97. The summed E-state index contributed by atoms with van der Waals surface area (Å²) in [5, 5.41) is 3.00. The normalized spacial score (nSPS) is 12.3. The summed E-state index contributed by atoms with van der Waals surface area (Å²) in [5.41, 5.74) is 6.13. The average molecular weight is 293 g/mol. The molecule has 1 atom stereocenters. The van der Waals surface area contributed by atoms with Gasteiger partial charge in [-0.05, 0) is 28.4 Å². The Hall–Kier alpha value is -0.650. The Bertz CT molecular complexity index is 372. The summed E-state index contributed by atoms with van der Waals surface area (Å²) < 4.78 is 0.632. The molecule has 0 radical (unpaired) electrons. The highest BCUT2D eigenvalue weighted by molar-refractivity contribution is 9.10. The zero-order chi connectivity index (χ0) is 11.4. The fourth-order valence-electron chi connectivity index (χ4n) is 0.910. The summed E-state index contributed by atoms with van der Waals surface area (Å²) in [6, 6.07) is 1.18. The van der Waals surface area contributed by atoms with Gasteiger partial charge in [-0.25, -0.2) is 4.98 Å². The maximum absolute atomic E-state index is 11.4. The molecule has 1 amide bonds. The molecule has 15 heavy (non-hydrogen) atoms. The number of nitrogens with zero attached hydrogens (tertiary/aromatic N) is 1. The van der Waals surface area contributed by atoms with Crippen LogP contribution in [0, 0.1) is 0 Å². The van der Waals surface area contributed by atoms with Gasteiger partial charge >= 0.3 is 0 Å². The predicted molar refractivity (Wildman–Crippen MR) is 63.8 cm³/mol. The summed E-state index contributed by atoms with van der Waals surface area (Å²) >= 11 is 8.92. The Morgan fingerprint density at radius 2 is 2.47 bits per heavy atom. The van der Waals surface area contributed by atoms with E-state index in [9.17, 15) is 4.79 Å². The van der Waals surface area contributed by atoms with E-state index in [0.717, 1.165) is 0 Å². The van der Waals surface area contributed by atoms with Crippen molar-refractivity contribution in [2.75, 3.05) is 5.32 Å². The summed E-state index contributed by atoms with van der Waals surface area (Å²) in [5.74, 6) is -0.228. The molecule has 4 nitrogen and oxygen atoms in total. The average Bonchev–Trinajstić information content (AvgIpc) is 2.22. The Kier molecular flexibility index (Phi) is 4.50. The number of nitrogens with two attached hydrogens (primary N) is 1. The van der Waals surface area contributed by atoms with Crippen LogP contribution in [0.25, 0.3) is 0 Å². The molecular weight excluding hydrogens is 281 g/mol. The van der Waals surface area contributed by atoms with E-state index in [0.29, 0.717) is 21.7 Å². The van der Waals surface area contributed by atoms with Crippen molar-refractivity contribution in [3.8, 4) is 0 Å². The number of anilines is 1. The molecule has 0 saturated carbocycles. The van der Waals surface area contributed by atoms with E-state index in [1.165, 1.54) is 6.20 Å². The zero-order valence-corrected chi connectivity index (χ0v) is 10.5. The number of amides is 1. The number of pyridine rings is 1. The number of carbonyl (C=O) groups is 1. The third-order valence-electron chi connectivity index (χ3n) is 1.84. The Balaban J connectivity index is 2.73. The van der Waals surface area contributed by atoms with Gasteiger partial charge in [0.05, 0.1) is 22.4 Å². The fraction of sp³-hybridized carbons (Fsp3) is 0.333. The molecule has 0 aliphatic rings. The van der Waals surface area contributed by atoms with Crippen molar-refractivity contribution in [1.29, 1.82) is 0 Å². The van der Waals surface area contributed by atoms with Crippen LogP contribution >= 0.6 is 27.5 Å². The second-order valence-corrected chi connectivity index (χ2v) is 4.21. The third kappa shape index (κ3) is 3.44. The van der Waals surface area contributed by atoms with Gasteiger partial charge in [0, 0.05) is 0 Å². The second-order valence-electron chi connectivity index (χ2n) is 3.00. The lowest BCUT2D eigenvalue weighted by Crippen LogP contribution is -2.34. The first kappa shape index (κ1) is 12.4. The van der Waals surface area contributed by atoms with Crippen LogP contribution in [0.5, 0.6) is 0 Å². The molecule has 6 heteroatoms. The summed E-state index contributed by atoms with van der Waals surface area (Å²) in [7, 11) is 0. The second kappa shape index (κ2) is 5.44. The van der Waals surface area contributed by atoms with Gasteiger partial charge < -0.3 is 11.1 Å². The van der Waals surface area contributed by atoms with Crippen molar-refractivity contribution in [3.05, 3.63) is 21.9 Å². The molecule has 0 aromatic carbocycles. The molecule has 0 aliphatic carbocycles. The van der Waals surface area contributed by atoms with Crippen LogP contribution < -0.4 is 11.1 Å². The minimum Gasteiger partial charge on any atom is -0.323 e. The summed E-state index contributed by atoms with van der Waals surface area (Å²) in [6.07, 6.45) is 2.07. The van der Waals surface area contributed by atoms with Crippen LogP contribution in [0.3, 0.4) is 0 Å².